The minimum Gasteiger partial charge on any atom is -0.326 e. The van der Waals surface area contributed by atoms with Gasteiger partial charge in [-0.05, 0) is 27.7 Å². The average molecular weight is 306 g/mol. The van der Waals surface area contributed by atoms with Crippen molar-refractivity contribution < 1.29 is 18.1 Å². The van der Waals surface area contributed by atoms with Gasteiger partial charge in [-0.25, -0.2) is 0 Å². The summed E-state index contributed by atoms with van der Waals surface area (Å²) in [6.45, 7) is 10.5. The summed E-state index contributed by atoms with van der Waals surface area (Å²) in [6, 6.07) is 0. The molecule has 98 valence electrons. The molecule has 4 nitrogen and oxygen atoms in total. The van der Waals surface area contributed by atoms with Gasteiger partial charge in [0.2, 0.25) is 15.2 Å². The molecule has 0 heterocycles. The lowest BCUT2D eigenvalue weighted by atomic mass is 10.9. The maximum Gasteiger partial charge on any atom is 0.249 e. The van der Waals surface area contributed by atoms with Crippen molar-refractivity contribution >= 4 is 36.0 Å². The minimum absolute atomic E-state index is 0.667. The summed E-state index contributed by atoms with van der Waals surface area (Å²) in [5.74, 6) is 0. The van der Waals surface area contributed by atoms with Gasteiger partial charge in [-0.3, -0.25) is 0 Å². The van der Waals surface area contributed by atoms with Crippen LogP contribution in [0.1, 0.15) is 27.7 Å². The maximum absolute atomic E-state index is 5.47. The summed E-state index contributed by atoms with van der Waals surface area (Å²) in [4.78, 5) is 0. The summed E-state index contributed by atoms with van der Waals surface area (Å²) in [5.41, 5.74) is 0. The molecule has 0 aromatic rings. The van der Waals surface area contributed by atoms with Crippen molar-refractivity contribution in [2.45, 2.75) is 27.7 Å². The van der Waals surface area contributed by atoms with E-state index in [0.717, 1.165) is 0 Å². The first kappa shape index (κ1) is 17.4. The Bertz CT molecular complexity index is 128. The smallest absolute Gasteiger partial charge is 0.249 e. The third kappa shape index (κ3) is 9.43. The zero-order chi connectivity index (χ0) is 12.2. The van der Waals surface area contributed by atoms with Gasteiger partial charge in [-0.1, -0.05) is 0 Å². The van der Waals surface area contributed by atoms with Gasteiger partial charge in [0.05, 0.1) is 26.4 Å². The molecule has 0 amide bonds. The minimum atomic E-state index is -0.879. The molecule has 0 aliphatic rings. The molecule has 0 rings (SSSR count). The first-order valence-electron chi connectivity index (χ1n) is 5.25. The van der Waals surface area contributed by atoms with Gasteiger partial charge in [0.15, 0.2) is 0 Å². The van der Waals surface area contributed by atoms with Crippen LogP contribution in [0, 0.1) is 0 Å². The Labute approximate surface area is 108 Å². The summed E-state index contributed by atoms with van der Waals surface area (Å²) in [6.07, 6.45) is 0. The largest absolute Gasteiger partial charge is 0.326 e. The van der Waals surface area contributed by atoms with Crippen molar-refractivity contribution in [2.24, 2.45) is 0 Å². The zero-order valence-electron chi connectivity index (χ0n) is 10.2. The molecule has 0 spiro atoms. The van der Waals surface area contributed by atoms with E-state index in [-0.39, 0.29) is 0 Å². The average Bonchev–Trinajstić information content (AvgIpc) is 2.27. The molecule has 0 aromatic carbocycles. The molecule has 0 unspecified atom stereocenters. The number of hydrogen-bond acceptors (Lipinski definition) is 6. The summed E-state index contributed by atoms with van der Waals surface area (Å²) in [5, 5.41) is 0. The van der Waals surface area contributed by atoms with Crippen LogP contribution in [0.5, 0.6) is 0 Å². The van der Waals surface area contributed by atoms with Crippen molar-refractivity contribution in [1.29, 1.82) is 0 Å². The van der Waals surface area contributed by atoms with E-state index in [2.05, 4.69) is 0 Å². The molecule has 0 N–H and O–H groups in total. The highest BCUT2D eigenvalue weighted by Gasteiger charge is 2.17. The molecule has 0 bridgehead atoms. The van der Waals surface area contributed by atoms with E-state index in [1.807, 2.05) is 27.7 Å². The van der Waals surface area contributed by atoms with E-state index in [4.69, 9.17) is 18.1 Å². The highest BCUT2D eigenvalue weighted by Crippen LogP contribution is 2.69. The molecule has 0 atom stereocenters. The van der Waals surface area contributed by atoms with Crippen LogP contribution >= 0.6 is 36.0 Å². The van der Waals surface area contributed by atoms with Gasteiger partial charge >= 0.3 is 0 Å². The van der Waals surface area contributed by atoms with Gasteiger partial charge in [0.1, 0.15) is 0 Å². The Hall–Kier alpha value is 1.40. The Morgan fingerprint density at radius 3 is 1.06 bits per heavy atom. The number of hydrogen-bond donors (Lipinski definition) is 0. The van der Waals surface area contributed by atoms with Crippen molar-refractivity contribution in [3.63, 3.8) is 0 Å². The molecule has 0 radical (unpaired) electrons. The van der Waals surface area contributed by atoms with Crippen molar-refractivity contribution in [1.82, 2.24) is 0 Å². The lowest BCUT2D eigenvalue weighted by molar-refractivity contribution is 0.282. The monoisotopic (exact) mass is 306 g/mol. The van der Waals surface area contributed by atoms with Gasteiger partial charge in [0.25, 0.3) is 0 Å². The van der Waals surface area contributed by atoms with Gasteiger partial charge in [0, 0.05) is 20.8 Å². The fourth-order valence-corrected chi connectivity index (χ4v) is 9.49. The second-order valence-electron chi connectivity index (χ2n) is 2.27. The molecule has 0 saturated heterocycles. The molecule has 8 heteroatoms. The van der Waals surface area contributed by atoms with E-state index < -0.39 is 15.2 Å². The third-order valence-corrected chi connectivity index (χ3v) is 10.1. The Balaban J connectivity index is 3.83. The van der Waals surface area contributed by atoms with Crippen LogP contribution in [0.25, 0.3) is 0 Å². The van der Waals surface area contributed by atoms with E-state index in [1.165, 1.54) is 0 Å². The first-order valence-corrected chi connectivity index (χ1v) is 11.0. The van der Waals surface area contributed by atoms with Crippen molar-refractivity contribution in [2.75, 3.05) is 26.4 Å². The molecular formula is C8H20O4P2S2. The first-order chi connectivity index (χ1) is 7.78. The van der Waals surface area contributed by atoms with E-state index in [9.17, 15) is 0 Å². The Kier molecular flexibility index (Phi) is 14.0. The summed E-state index contributed by atoms with van der Waals surface area (Å²) >= 11 is 0. The SMILES string of the molecule is CCOP(OCC)SSP(OCC)OCC. The fourth-order valence-electron chi connectivity index (χ4n) is 0.637. The van der Waals surface area contributed by atoms with Crippen molar-refractivity contribution in [3.8, 4) is 0 Å². The molecule has 0 saturated carbocycles. The van der Waals surface area contributed by atoms with E-state index in [0.29, 0.717) is 26.4 Å². The zero-order valence-corrected chi connectivity index (χ0v) is 13.6. The van der Waals surface area contributed by atoms with Crippen molar-refractivity contribution in [3.05, 3.63) is 0 Å². The Morgan fingerprint density at radius 1 is 0.625 bits per heavy atom. The summed E-state index contributed by atoms with van der Waals surface area (Å²) in [7, 11) is 1.39. The van der Waals surface area contributed by atoms with Crippen LogP contribution in [-0.4, -0.2) is 26.4 Å². The normalized spacial score (nSPS) is 11.6. The topological polar surface area (TPSA) is 36.9 Å². The van der Waals surface area contributed by atoms with E-state index >= 15 is 0 Å². The maximum atomic E-state index is 5.47. The standard InChI is InChI=1S/C8H20O4P2S2/c1-5-9-13(10-6-2)15-16-14(11-7-3)12-8-4/h5-8H2,1-4H3. The van der Waals surface area contributed by atoms with Crippen LogP contribution in [0.3, 0.4) is 0 Å². The predicted octanol–water partition coefficient (Wildman–Crippen LogP) is 4.97. The summed E-state index contributed by atoms with van der Waals surface area (Å²) < 4.78 is 21.9. The molecule has 0 aliphatic heterocycles. The lowest BCUT2D eigenvalue weighted by Crippen LogP contribution is -1.88. The fraction of sp³-hybridized carbons (Fsp3) is 1.00. The highest BCUT2D eigenvalue weighted by molar-refractivity contribution is 9.11. The molecule has 0 aromatic heterocycles. The third-order valence-electron chi connectivity index (χ3n) is 1.09. The van der Waals surface area contributed by atoms with Crippen LogP contribution in [0.2, 0.25) is 0 Å². The van der Waals surface area contributed by atoms with Crippen LogP contribution < -0.4 is 0 Å². The Morgan fingerprint density at radius 2 is 0.875 bits per heavy atom. The molecule has 16 heavy (non-hydrogen) atoms. The van der Waals surface area contributed by atoms with Gasteiger partial charge in [-0.15, -0.1) is 0 Å². The van der Waals surface area contributed by atoms with E-state index in [1.54, 1.807) is 20.8 Å². The second-order valence-corrected chi connectivity index (χ2v) is 9.86. The van der Waals surface area contributed by atoms with Crippen LogP contribution in [0.15, 0.2) is 0 Å². The second kappa shape index (κ2) is 12.8. The highest BCUT2D eigenvalue weighted by atomic mass is 33.5. The van der Waals surface area contributed by atoms with Gasteiger partial charge < -0.3 is 18.1 Å². The van der Waals surface area contributed by atoms with Crippen LogP contribution in [-0.2, 0) is 18.1 Å². The quantitative estimate of drug-likeness (QED) is 0.396. The van der Waals surface area contributed by atoms with Crippen LogP contribution in [0.4, 0.5) is 0 Å². The molecule has 0 aliphatic carbocycles. The van der Waals surface area contributed by atoms with Gasteiger partial charge in [-0.2, -0.15) is 0 Å². The predicted molar refractivity (Wildman–Crippen MR) is 75.5 cm³/mol. The molecular weight excluding hydrogens is 286 g/mol. The molecule has 0 fully saturated rings. The number of rotatable bonds is 11. The lowest BCUT2D eigenvalue weighted by Gasteiger charge is -2.17.